The Labute approximate surface area is 354 Å². The fraction of sp³-hybridized carbons (Fsp3) is 0.469. The minimum Gasteiger partial charge on any atom is -0.566 e. The van der Waals surface area contributed by atoms with Gasteiger partial charge in [-0.25, -0.2) is 14.4 Å². The van der Waals surface area contributed by atoms with Gasteiger partial charge in [0.2, 0.25) is 11.9 Å². The molecular weight excluding hydrogens is 885 g/mol. The Hall–Kier alpha value is -5.27. The first-order valence-electron chi connectivity index (χ1n) is 18.2. The Morgan fingerprint density at radius 2 is 1.85 bits per heavy atom. The number of rotatable bonds is 17. The predicted octanol–water partition coefficient (Wildman–Crippen LogP) is 1.45. The third-order valence-corrected chi connectivity index (χ3v) is 11.9. The summed E-state index contributed by atoms with van der Waals surface area (Å²) in [5.74, 6) is -1.68. The van der Waals surface area contributed by atoms with Gasteiger partial charge in [0, 0.05) is 17.9 Å². The molecule has 0 radical (unpaired) electrons. The molecule has 0 spiro atoms. The molecule has 8 N–H and O–H groups in total. The van der Waals surface area contributed by atoms with E-state index in [2.05, 4.69) is 51.2 Å². The Morgan fingerprint density at radius 1 is 1.13 bits per heavy atom. The number of carbonyl (C=O) groups excluding carboxylic acids is 2. The molecule has 7 rings (SSSR count). The number of ether oxygens (including phenoxy) is 2. The maximum atomic E-state index is 16.5. The van der Waals surface area contributed by atoms with Crippen LogP contribution in [0.2, 0.25) is 0 Å². The number of aromatic amines is 1. The second kappa shape index (κ2) is 19.8. The highest BCUT2D eigenvalue weighted by atomic mass is 32.5. The van der Waals surface area contributed by atoms with Crippen molar-refractivity contribution in [1.29, 1.82) is 5.26 Å². The lowest BCUT2D eigenvalue weighted by molar-refractivity contribution is -0.192. The van der Waals surface area contributed by atoms with Gasteiger partial charge < -0.3 is 40.0 Å². The van der Waals surface area contributed by atoms with Crippen molar-refractivity contribution in [3.63, 3.8) is 0 Å². The third-order valence-electron chi connectivity index (χ3n) is 9.06. The number of H-pyrrole nitrogens is 1. The number of hydrogen-bond donors (Lipinski definition) is 5. The van der Waals surface area contributed by atoms with E-state index in [1.807, 2.05) is 6.07 Å². The van der Waals surface area contributed by atoms with Crippen molar-refractivity contribution in [2.45, 2.75) is 69.7 Å². The van der Waals surface area contributed by atoms with E-state index in [1.165, 1.54) is 0 Å². The van der Waals surface area contributed by atoms with Crippen molar-refractivity contribution in [3.05, 3.63) is 52.6 Å². The van der Waals surface area contributed by atoms with Gasteiger partial charge in [-0.15, -0.1) is 14.7 Å². The van der Waals surface area contributed by atoms with Crippen LogP contribution in [-0.4, -0.2) is 117 Å². The lowest BCUT2D eigenvalue weighted by Crippen LogP contribution is -2.34. The van der Waals surface area contributed by atoms with E-state index >= 15 is 4.39 Å². The van der Waals surface area contributed by atoms with E-state index in [1.54, 1.807) is 44.2 Å². The van der Waals surface area contributed by atoms with Crippen LogP contribution >= 0.6 is 15.0 Å². The number of halogens is 1. The molecule has 2 saturated heterocycles. The summed E-state index contributed by atoms with van der Waals surface area (Å²) in [6.45, 7) is -2.41. The predicted molar refractivity (Wildman–Crippen MR) is 211 cm³/mol. The van der Waals surface area contributed by atoms with Gasteiger partial charge in [-0.2, -0.15) is 19.6 Å². The number of quaternary nitrogens is 1. The number of nitriles is 1. The van der Waals surface area contributed by atoms with Gasteiger partial charge in [-0.1, -0.05) is 42.5 Å². The van der Waals surface area contributed by atoms with Crippen LogP contribution in [0.25, 0.3) is 22.3 Å². The fourth-order valence-electron chi connectivity index (χ4n) is 6.16. The third kappa shape index (κ3) is 9.99. The number of anilines is 2. The topological polar surface area (TPSA) is 367 Å². The number of nitrogens with zero attached hydrogens (tertiary/aromatic N) is 10. The molecule has 2 aliphatic heterocycles. The summed E-state index contributed by atoms with van der Waals surface area (Å²) in [5, 5.41) is 40.3. The molecule has 2 amide bonds. The fourth-order valence-corrected chi connectivity index (χ4v) is 8.69. The molecule has 62 heavy (non-hydrogen) atoms. The number of aliphatic hydroxyl groups is 1. The zero-order valence-electron chi connectivity index (χ0n) is 32.7. The summed E-state index contributed by atoms with van der Waals surface area (Å²) in [6, 6.07) is 10.2. The van der Waals surface area contributed by atoms with E-state index < -0.39 is 94.5 Å². The van der Waals surface area contributed by atoms with Crippen molar-refractivity contribution >= 4 is 72.7 Å². The number of aliphatic hydroxyl groups excluding tert-OH is 1. The maximum Gasteiger partial charge on any atom is 0.488 e. The Balaban J connectivity index is 0.00000641. The summed E-state index contributed by atoms with van der Waals surface area (Å²) in [6.07, 6.45) is -9.73. The summed E-state index contributed by atoms with van der Waals surface area (Å²) >= 11 is 5.65. The molecule has 9 atom stereocenters. The first-order chi connectivity index (χ1) is 29.3. The number of alkyl halides is 1. The van der Waals surface area contributed by atoms with Gasteiger partial charge in [-0.3, -0.25) is 29.2 Å². The van der Waals surface area contributed by atoms with Crippen LogP contribution in [0.4, 0.5) is 16.2 Å². The van der Waals surface area contributed by atoms with Gasteiger partial charge >= 0.3 is 15.0 Å². The highest BCUT2D eigenvalue weighted by molar-refractivity contribution is 8.07. The molecule has 30 heteroatoms. The molecule has 4 aromatic heterocycles. The lowest BCUT2D eigenvalue weighted by Gasteiger charge is -2.28. The average molecular weight is 924 g/mol. The van der Waals surface area contributed by atoms with Crippen molar-refractivity contribution in [3.8, 4) is 6.07 Å². The normalized spacial score (nSPS) is 23.5. The summed E-state index contributed by atoms with van der Waals surface area (Å²) < 4.78 is 64.9. The largest absolute Gasteiger partial charge is 0.566 e. The van der Waals surface area contributed by atoms with Gasteiger partial charge in [0.05, 0.1) is 38.4 Å². The van der Waals surface area contributed by atoms with Gasteiger partial charge in [-0.05, 0) is 28.5 Å². The average Bonchev–Trinajstić information content (AvgIpc) is 4.02. The SMILES string of the molecule is CC(C)C(=O)Nc1nc2c(nnn2[C@@H]2O[C@H](COP(=S)(OCCC#N)O[C@H]3[C@H](F)[C@H](n4nnc5c(NC(=O)c6ccccc6)ncnc54)O[C@@H]3CO)C[C@@H]2O[P+](=O)[O-])c(=O)[nH]1.[NH4+]. The van der Waals surface area contributed by atoms with E-state index in [0.717, 1.165) is 15.7 Å². The van der Waals surface area contributed by atoms with Crippen molar-refractivity contribution in [1.82, 2.24) is 56.1 Å². The van der Waals surface area contributed by atoms with E-state index in [9.17, 15) is 34.2 Å². The molecule has 2 aliphatic rings. The van der Waals surface area contributed by atoms with Crippen molar-refractivity contribution in [2.24, 2.45) is 5.92 Å². The highest BCUT2D eigenvalue weighted by Gasteiger charge is 2.51. The minimum absolute atomic E-state index is 0. The van der Waals surface area contributed by atoms with Crippen LogP contribution in [-0.2, 0) is 48.7 Å². The number of aromatic nitrogens is 10. The standard InChI is InChI=1S/C32H34FN13O12P2S.H3N/c1-15(2)27(48)39-32-38-26-22(29(50)40-32)42-44-46(26)30-18(57-59(51)52)11-17(55-30)13-54-60(61,53-10-6-9-34)58-23-19(12-47)56-31(20(23)33)45-25-21(41-43-45)24(35-14-36-25)37-28(49)16-7-4-3-5-8-16;/h3-5,7-8,14-15,17-20,23,30-31,47H,6,10-13H2,1-2H3,(H,35,36,37,49)(H2,38,39,40,48,50);1H3/p+1/t17-,18-,19+,20-,23+,30+,31+,60?;/m0./s1. The van der Waals surface area contributed by atoms with E-state index in [-0.39, 0.29) is 59.7 Å². The molecule has 330 valence electrons. The molecule has 6 heterocycles. The number of fused-ring (bicyclic) bond motifs is 2. The van der Waals surface area contributed by atoms with Gasteiger partial charge in [0.1, 0.15) is 18.5 Å². The Morgan fingerprint density at radius 3 is 2.55 bits per heavy atom. The molecule has 26 nitrogen and oxygen atoms in total. The van der Waals surface area contributed by atoms with Crippen LogP contribution in [0.5, 0.6) is 0 Å². The van der Waals surface area contributed by atoms with Gasteiger partial charge in [0.15, 0.2) is 52.9 Å². The molecule has 0 aliphatic carbocycles. The Kier molecular flexibility index (Phi) is 14.8. The van der Waals surface area contributed by atoms with E-state index in [0.29, 0.717) is 5.56 Å². The van der Waals surface area contributed by atoms with Gasteiger partial charge in [0.25, 0.3) is 11.5 Å². The number of amides is 2. The molecule has 2 unspecified atom stereocenters. The molecule has 1 aromatic carbocycles. The monoisotopic (exact) mass is 923 g/mol. The highest BCUT2D eigenvalue weighted by Crippen LogP contribution is 2.55. The summed E-state index contributed by atoms with van der Waals surface area (Å²) in [4.78, 5) is 64.5. The number of benzene rings is 1. The van der Waals surface area contributed by atoms with Crippen LogP contribution in [0.1, 0.15) is 49.5 Å². The molecule has 5 aromatic rings. The minimum atomic E-state index is -4.08. The van der Waals surface area contributed by atoms with Crippen LogP contribution < -0.4 is 27.2 Å². The van der Waals surface area contributed by atoms with Crippen molar-refractivity contribution < 1.29 is 56.1 Å². The summed E-state index contributed by atoms with van der Waals surface area (Å²) in [5.41, 5.74) is -0.911. The van der Waals surface area contributed by atoms with Crippen LogP contribution in [0.15, 0.2) is 41.5 Å². The molecular formula is C32H38FN14O12P2S+. The first-order valence-corrected chi connectivity index (χ1v) is 21.8. The first kappa shape index (κ1) is 46.2. The van der Waals surface area contributed by atoms with Crippen LogP contribution in [0.3, 0.4) is 0 Å². The van der Waals surface area contributed by atoms with E-state index in [4.69, 9.17) is 39.4 Å². The lowest BCUT2D eigenvalue weighted by atomic mass is 10.1. The zero-order valence-corrected chi connectivity index (χ0v) is 35.3. The van der Waals surface area contributed by atoms with Crippen molar-refractivity contribution in [2.75, 3.05) is 30.5 Å². The second-order valence-electron chi connectivity index (χ2n) is 13.5. The quantitative estimate of drug-likeness (QED) is 0.0650. The molecule has 0 bridgehead atoms. The second-order valence-corrected chi connectivity index (χ2v) is 17.1. The zero-order chi connectivity index (χ0) is 43.4. The smallest absolute Gasteiger partial charge is 0.488 e. The number of carbonyl (C=O) groups is 2. The summed E-state index contributed by atoms with van der Waals surface area (Å²) in [7, 11) is -3.46. The maximum absolute atomic E-state index is 16.5. The number of hydrogen-bond acceptors (Lipinski definition) is 21. The molecule has 0 saturated carbocycles. The Bertz CT molecular complexity index is 2580. The van der Waals surface area contributed by atoms with Crippen LogP contribution in [0, 0.1) is 17.2 Å². The number of nitrogens with one attached hydrogen (secondary N) is 3. The molecule has 2 fully saturated rings.